The van der Waals surface area contributed by atoms with Crippen LogP contribution in [0.4, 0.5) is 0 Å². The van der Waals surface area contributed by atoms with Crippen molar-refractivity contribution in [3.05, 3.63) is 0 Å². The Balaban J connectivity index is 1.42. The van der Waals surface area contributed by atoms with E-state index in [9.17, 15) is 5.11 Å². The Morgan fingerprint density at radius 1 is 0.750 bits per heavy atom. The average molecular weight is 335 g/mol. The molecule has 1 heteroatoms. The molecule has 3 fully saturated rings. The smallest absolute Gasteiger partial charge is 0.0540 e. The van der Waals surface area contributed by atoms with Crippen LogP contribution in [0.15, 0.2) is 0 Å². The topological polar surface area (TPSA) is 20.2 Å². The fourth-order valence-electron chi connectivity index (χ4n) is 6.49. The number of aliphatic hydroxyl groups excluding tert-OH is 1. The molecule has 0 aromatic heterocycles. The van der Waals surface area contributed by atoms with Gasteiger partial charge in [0.25, 0.3) is 0 Å². The van der Waals surface area contributed by atoms with Crippen molar-refractivity contribution in [2.45, 2.75) is 110 Å². The summed E-state index contributed by atoms with van der Waals surface area (Å²) in [5.74, 6) is 5.82. The molecule has 0 amide bonds. The van der Waals surface area contributed by atoms with Crippen molar-refractivity contribution in [2.75, 3.05) is 0 Å². The van der Waals surface area contributed by atoms with Gasteiger partial charge in [0.15, 0.2) is 0 Å². The largest absolute Gasteiger partial charge is 0.393 e. The molecule has 1 unspecified atom stereocenters. The lowest BCUT2D eigenvalue weighted by Crippen LogP contribution is -2.35. The van der Waals surface area contributed by atoms with Crippen molar-refractivity contribution < 1.29 is 5.11 Å². The van der Waals surface area contributed by atoms with Gasteiger partial charge in [-0.3, -0.25) is 0 Å². The molecule has 0 heterocycles. The maximum Gasteiger partial charge on any atom is 0.0540 e. The second-order valence-electron chi connectivity index (χ2n) is 9.68. The third-order valence-corrected chi connectivity index (χ3v) is 8.14. The second kappa shape index (κ2) is 9.06. The molecule has 3 aliphatic carbocycles. The molecule has 0 spiro atoms. The molecular weight excluding hydrogens is 292 g/mol. The monoisotopic (exact) mass is 334 g/mol. The van der Waals surface area contributed by atoms with E-state index in [0.29, 0.717) is 5.92 Å². The minimum atomic E-state index is -0.0790. The van der Waals surface area contributed by atoms with Crippen LogP contribution in [0.25, 0.3) is 0 Å². The Morgan fingerprint density at radius 2 is 1.33 bits per heavy atom. The van der Waals surface area contributed by atoms with E-state index in [1.807, 2.05) is 6.92 Å². The van der Waals surface area contributed by atoms with Crippen molar-refractivity contribution in [2.24, 2.45) is 35.5 Å². The van der Waals surface area contributed by atoms with E-state index in [1.54, 1.807) is 19.3 Å². The molecule has 1 nitrogen and oxygen atoms in total. The Bertz CT molecular complexity index is 355. The van der Waals surface area contributed by atoms with E-state index in [1.165, 1.54) is 70.6 Å². The van der Waals surface area contributed by atoms with Crippen molar-refractivity contribution in [1.82, 2.24) is 0 Å². The molecular formula is C23H42O. The highest BCUT2D eigenvalue weighted by molar-refractivity contribution is 4.89. The summed E-state index contributed by atoms with van der Waals surface area (Å²) in [5.41, 5.74) is 0. The molecule has 0 saturated heterocycles. The van der Waals surface area contributed by atoms with Gasteiger partial charge in [-0.15, -0.1) is 0 Å². The van der Waals surface area contributed by atoms with Gasteiger partial charge in [-0.1, -0.05) is 39.0 Å². The number of fused-ring (bicyclic) bond motifs is 1. The third kappa shape index (κ3) is 4.77. The van der Waals surface area contributed by atoms with Crippen LogP contribution in [0.3, 0.4) is 0 Å². The average Bonchev–Trinajstić information content (AvgIpc) is 2.61. The summed E-state index contributed by atoms with van der Waals surface area (Å²) in [6.07, 6.45) is 20.4. The van der Waals surface area contributed by atoms with Gasteiger partial charge >= 0.3 is 0 Å². The van der Waals surface area contributed by atoms with Gasteiger partial charge in [-0.25, -0.2) is 0 Å². The van der Waals surface area contributed by atoms with E-state index in [4.69, 9.17) is 0 Å². The van der Waals surface area contributed by atoms with Crippen molar-refractivity contribution >= 4 is 0 Å². The van der Waals surface area contributed by atoms with E-state index in [2.05, 4.69) is 6.92 Å². The highest BCUT2D eigenvalue weighted by atomic mass is 16.3. The Morgan fingerprint density at radius 3 is 2.00 bits per heavy atom. The molecule has 1 N–H and O–H groups in total. The summed E-state index contributed by atoms with van der Waals surface area (Å²) in [4.78, 5) is 0. The molecule has 0 aliphatic heterocycles. The summed E-state index contributed by atoms with van der Waals surface area (Å²) in [6.45, 7) is 4.32. The molecule has 3 rings (SSSR count). The molecule has 0 aromatic rings. The predicted octanol–water partition coefficient (Wildman–Crippen LogP) is 6.59. The zero-order valence-corrected chi connectivity index (χ0v) is 16.4. The summed E-state index contributed by atoms with van der Waals surface area (Å²) >= 11 is 0. The number of rotatable bonds is 6. The van der Waals surface area contributed by atoms with Crippen molar-refractivity contribution in [1.29, 1.82) is 0 Å². The van der Waals surface area contributed by atoms with Gasteiger partial charge in [0.1, 0.15) is 0 Å². The van der Waals surface area contributed by atoms with Crippen molar-refractivity contribution in [3.8, 4) is 0 Å². The number of unbranched alkanes of at least 4 members (excludes halogenated alkanes) is 2. The van der Waals surface area contributed by atoms with Crippen LogP contribution in [0, 0.1) is 35.5 Å². The highest BCUT2D eigenvalue weighted by Crippen LogP contribution is 2.49. The standard InChI is InChI=1S/C23H42O/c1-3-4-5-6-18-7-8-23-16-22(14-13-21(23)15-18)20-11-9-19(10-12-20)17(2)24/h17-24H,3-16H2,1-2H3/t17?,18-,19?,20?,21-,22+,23+/m0/s1. The maximum absolute atomic E-state index is 9.83. The minimum Gasteiger partial charge on any atom is -0.393 e. The number of aliphatic hydroxyl groups is 1. The van der Waals surface area contributed by atoms with Crippen LogP contribution < -0.4 is 0 Å². The Hall–Kier alpha value is -0.0400. The molecule has 0 aromatic carbocycles. The van der Waals surface area contributed by atoms with Gasteiger partial charge in [0, 0.05) is 0 Å². The highest BCUT2D eigenvalue weighted by Gasteiger charge is 2.38. The minimum absolute atomic E-state index is 0.0790. The van der Waals surface area contributed by atoms with Crippen molar-refractivity contribution in [3.63, 3.8) is 0 Å². The Kier molecular flexibility index (Phi) is 7.07. The number of hydrogen-bond donors (Lipinski definition) is 1. The quantitative estimate of drug-likeness (QED) is 0.543. The molecule has 0 bridgehead atoms. The van der Waals surface area contributed by atoms with Crippen LogP contribution in [0.2, 0.25) is 0 Å². The molecule has 3 aliphatic rings. The maximum atomic E-state index is 9.83. The first-order chi connectivity index (χ1) is 11.7. The van der Waals surface area contributed by atoms with E-state index >= 15 is 0 Å². The number of hydrogen-bond acceptors (Lipinski definition) is 1. The third-order valence-electron chi connectivity index (χ3n) is 8.14. The SMILES string of the molecule is CCCCC[C@H]1CC[C@@H]2C[C@H](C3CCC(C(C)O)CC3)CC[C@H]2C1. The normalized spacial score (nSPS) is 41.6. The van der Waals surface area contributed by atoms with E-state index < -0.39 is 0 Å². The summed E-state index contributed by atoms with van der Waals surface area (Å²) in [5, 5.41) is 9.83. The van der Waals surface area contributed by atoms with Gasteiger partial charge in [-0.2, -0.15) is 0 Å². The zero-order valence-electron chi connectivity index (χ0n) is 16.4. The molecule has 5 atom stereocenters. The first kappa shape index (κ1) is 18.7. The fraction of sp³-hybridized carbons (Fsp3) is 1.00. The van der Waals surface area contributed by atoms with Gasteiger partial charge in [-0.05, 0) is 100 Å². The molecule has 140 valence electrons. The lowest BCUT2D eigenvalue weighted by atomic mass is 9.60. The van der Waals surface area contributed by atoms with Gasteiger partial charge < -0.3 is 5.11 Å². The van der Waals surface area contributed by atoms with Crippen LogP contribution in [-0.2, 0) is 0 Å². The first-order valence-corrected chi connectivity index (χ1v) is 11.3. The first-order valence-electron chi connectivity index (χ1n) is 11.3. The van der Waals surface area contributed by atoms with E-state index in [-0.39, 0.29) is 6.10 Å². The van der Waals surface area contributed by atoms with Crippen LogP contribution in [0.1, 0.15) is 104 Å². The molecule has 24 heavy (non-hydrogen) atoms. The molecule has 3 saturated carbocycles. The van der Waals surface area contributed by atoms with Gasteiger partial charge in [0.2, 0.25) is 0 Å². The van der Waals surface area contributed by atoms with Gasteiger partial charge in [0.05, 0.1) is 6.10 Å². The van der Waals surface area contributed by atoms with Crippen LogP contribution in [0.5, 0.6) is 0 Å². The predicted molar refractivity (Wildman–Crippen MR) is 103 cm³/mol. The fourth-order valence-corrected chi connectivity index (χ4v) is 6.49. The van der Waals surface area contributed by atoms with Crippen LogP contribution >= 0.6 is 0 Å². The summed E-state index contributed by atoms with van der Waals surface area (Å²) in [6, 6.07) is 0. The molecule has 0 radical (unpaired) electrons. The zero-order chi connectivity index (χ0) is 16.9. The summed E-state index contributed by atoms with van der Waals surface area (Å²) in [7, 11) is 0. The lowest BCUT2D eigenvalue weighted by Gasteiger charge is -2.45. The van der Waals surface area contributed by atoms with E-state index in [0.717, 1.165) is 29.6 Å². The lowest BCUT2D eigenvalue weighted by molar-refractivity contribution is 0.0394. The second-order valence-corrected chi connectivity index (χ2v) is 9.68. The van der Waals surface area contributed by atoms with Crippen LogP contribution in [-0.4, -0.2) is 11.2 Å². The Labute approximate surface area is 151 Å². The summed E-state index contributed by atoms with van der Waals surface area (Å²) < 4.78 is 0.